The highest BCUT2D eigenvalue weighted by Gasteiger charge is 2.01. The summed E-state index contributed by atoms with van der Waals surface area (Å²) in [5.41, 5.74) is 6.85. The summed E-state index contributed by atoms with van der Waals surface area (Å²) >= 11 is 0. The minimum absolute atomic E-state index is 0.202. The summed E-state index contributed by atoms with van der Waals surface area (Å²) in [6, 6.07) is 4.15. The Kier molecular flexibility index (Phi) is 3.65. The van der Waals surface area contributed by atoms with Crippen molar-refractivity contribution in [3.8, 4) is 0 Å². The number of hydrogen-bond acceptors (Lipinski definition) is 2. The number of nitrogens with zero attached hydrogens (tertiary/aromatic N) is 1. The molecular formula is C11H16N2. The van der Waals surface area contributed by atoms with Crippen molar-refractivity contribution >= 4 is 6.08 Å². The Bertz CT molecular complexity index is 265. The predicted octanol–water partition coefficient (Wildman–Crippen LogP) is 2.08. The second kappa shape index (κ2) is 4.77. The largest absolute Gasteiger partial charge is 0.327 e. The van der Waals surface area contributed by atoms with Gasteiger partial charge in [-0.1, -0.05) is 25.1 Å². The van der Waals surface area contributed by atoms with Gasteiger partial charge in [0.2, 0.25) is 0 Å². The van der Waals surface area contributed by atoms with Crippen LogP contribution in [0.15, 0.2) is 30.6 Å². The molecular weight excluding hydrogens is 160 g/mol. The molecule has 2 N–H and O–H groups in total. The molecule has 1 aromatic heterocycles. The summed E-state index contributed by atoms with van der Waals surface area (Å²) in [7, 11) is 0. The first-order valence-corrected chi connectivity index (χ1v) is 4.54. The third-order valence-corrected chi connectivity index (χ3v) is 2.11. The van der Waals surface area contributed by atoms with Crippen molar-refractivity contribution in [3.63, 3.8) is 0 Å². The first-order valence-electron chi connectivity index (χ1n) is 4.54. The van der Waals surface area contributed by atoms with E-state index >= 15 is 0 Å². The summed E-state index contributed by atoms with van der Waals surface area (Å²) in [4.78, 5) is 4.02. The van der Waals surface area contributed by atoms with E-state index in [0.29, 0.717) is 5.92 Å². The van der Waals surface area contributed by atoms with Crippen LogP contribution in [0.1, 0.15) is 19.4 Å². The molecule has 0 amide bonds. The molecule has 0 radical (unpaired) electrons. The van der Waals surface area contributed by atoms with Crippen LogP contribution in [-0.2, 0) is 0 Å². The van der Waals surface area contributed by atoms with Crippen LogP contribution in [0.2, 0.25) is 0 Å². The topological polar surface area (TPSA) is 38.9 Å². The van der Waals surface area contributed by atoms with Crippen LogP contribution in [0.4, 0.5) is 0 Å². The molecule has 70 valence electrons. The van der Waals surface area contributed by atoms with Gasteiger partial charge in [0.1, 0.15) is 0 Å². The van der Waals surface area contributed by atoms with Crippen molar-refractivity contribution in [1.29, 1.82) is 0 Å². The summed E-state index contributed by atoms with van der Waals surface area (Å²) < 4.78 is 0. The van der Waals surface area contributed by atoms with Crippen molar-refractivity contribution in [2.75, 3.05) is 0 Å². The van der Waals surface area contributed by atoms with Crippen LogP contribution in [0, 0.1) is 5.92 Å². The second-order valence-corrected chi connectivity index (χ2v) is 3.36. The van der Waals surface area contributed by atoms with Crippen LogP contribution in [-0.4, -0.2) is 11.0 Å². The number of nitrogens with two attached hydrogens (primary N) is 1. The van der Waals surface area contributed by atoms with Crippen LogP contribution in [0.5, 0.6) is 0 Å². The lowest BCUT2D eigenvalue weighted by atomic mass is 10.0. The Morgan fingerprint density at radius 2 is 2.23 bits per heavy atom. The Morgan fingerprint density at radius 1 is 1.46 bits per heavy atom. The average Bonchev–Trinajstić information content (AvgIpc) is 2.15. The fourth-order valence-corrected chi connectivity index (χ4v) is 0.913. The lowest BCUT2D eigenvalue weighted by Crippen LogP contribution is -2.22. The minimum Gasteiger partial charge on any atom is -0.327 e. The van der Waals surface area contributed by atoms with E-state index in [9.17, 15) is 0 Å². The van der Waals surface area contributed by atoms with Gasteiger partial charge in [0, 0.05) is 18.4 Å². The summed E-state index contributed by atoms with van der Waals surface area (Å²) in [5.74, 6) is 0.403. The fourth-order valence-electron chi connectivity index (χ4n) is 0.913. The quantitative estimate of drug-likeness (QED) is 0.765. The molecule has 1 aromatic rings. The van der Waals surface area contributed by atoms with E-state index in [4.69, 9.17) is 5.73 Å². The maximum Gasteiger partial charge on any atom is 0.0340 e. The molecule has 0 bridgehead atoms. The van der Waals surface area contributed by atoms with Gasteiger partial charge in [-0.2, -0.15) is 0 Å². The van der Waals surface area contributed by atoms with Gasteiger partial charge in [-0.3, -0.25) is 4.98 Å². The van der Waals surface area contributed by atoms with Crippen molar-refractivity contribution in [2.24, 2.45) is 11.7 Å². The van der Waals surface area contributed by atoms with Gasteiger partial charge in [0.15, 0.2) is 0 Å². The molecule has 2 atom stereocenters. The molecule has 0 aromatic carbocycles. The van der Waals surface area contributed by atoms with Gasteiger partial charge in [-0.05, 0) is 24.5 Å². The Hall–Kier alpha value is -1.15. The highest BCUT2D eigenvalue weighted by Crippen LogP contribution is 2.06. The van der Waals surface area contributed by atoms with E-state index < -0.39 is 0 Å². The third kappa shape index (κ3) is 3.38. The highest BCUT2D eigenvalue weighted by atomic mass is 14.6. The molecule has 0 fully saturated rings. The highest BCUT2D eigenvalue weighted by molar-refractivity contribution is 5.47. The number of hydrogen-bond donors (Lipinski definition) is 1. The van der Waals surface area contributed by atoms with Crippen LogP contribution in [0.25, 0.3) is 6.08 Å². The van der Waals surface area contributed by atoms with E-state index in [0.717, 1.165) is 5.56 Å². The minimum atomic E-state index is 0.202. The average molecular weight is 176 g/mol. The first-order chi connectivity index (χ1) is 6.20. The van der Waals surface area contributed by atoms with E-state index in [1.807, 2.05) is 25.3 Å². The van der Waals surface area contributed by atoms with Gasteiger partial charge in [-0.25, -0.2) is 0 Å². The predicted molar refractivity (Wildman–Crippen MR) is 56.1 cm³/mol. The lowest BCUT2D eigenvalue weighted by Gasteiger charge is -2.09. The number of rotatable bonds is 3. The third-order valence-electron chi connectivity index (χ3n) is 2.11. The summed E-state index contributed by atoms with van der Waals surface area (Å²) in [6.45, 7) is 4.12. The molecule has 0 aliphatic rings. The molecule has 0 aliphatic heterocycles. The molecule has 1 rings (SSSR count). The molecule has 1 heterocycles. The molecule has 2 unspecified atom stereocenters. The molecule has 0 saturated heterocycles. The SMILES string of the molecule is CC(N)C(C)/C=C/c1cccnc1. The van der Waals surface area contributed by atoms with Crippen molar-refractivity contribution < 1.29 is 0 Å². The first kappa shape index (κ1) is 9.93. The van der Waals surface area contributed by atoms with Crippen LogP contribution in [0.3, 0.4) is 0 Å². The lowest BCUT2D eigenvalue weighted by molar-refractivity contribution is 0.584. The zero-order chi connectivity index (χ0) is 9.68. The Balaban J connectivity index is 2.59. The van der Waals surface area contributed by atoms with Gasteiger partial charge >= 0.3 is 0 Å². The van der Waals surface area contributed by atoms with E-state index in [-0.39, 0.29) is 6.04 Å². The van der Waals surface area contributed by atoms with Crippen LogP contribution < -0.4 is 5.73 Å². The van der Waals surface area contributed by atoms with Crippen molar-refractivity contribution in [2.45, 2.75) is 19.9 Å². The molecule has 0 aliphatic carbocycles. The van der Waals surface area contributed by atoms with Crippen molar-refractivity contribution in [3.05, 3.63) is 36.2 Å². The maximum atomic E-state index is 5.73. The Labute approximate surface area is 79.5 Å². The molecule has 2 nitrogen and oxygen atoms in total. The molecule has 2 heteroatoms. The van der Waals surface area contributed by atoms with Crippen LogP contribution >= 0.6 is 0 Å². The maximum absolute atomic E-state index is 5.73. The molecule has 0 spiro atoms. The second-order valence-electron chi connectivity index (χ2n) is 3.36. The van der Waals surface area contributed by atoms with E-state index in [2.05, 4.69) is 24.1 Å². The fraction of sp³-hybridized carbons (Fsp3) is 0.364. The van der Waals surface area contributed by atoms with Crippen molar-refractivity contribution in [1.82, 2.24) is 4.98 Å². The molecule has 0 saturated carbocycles. The van der Waals surface area contributed by atoms with Gasteiger partial charge in [0.25, 0.3) is 0 Å². The van der Waals surface area contributed by atoms with E-state index in [1.54, 1.807) is 6.20 Å². The van der Waals surface area contributed by atoms with Gasteiger partial charge in [0.05, 0.1) is 0 Å². The zero-order valence-electron chi connectivity index (χ0n) is 8.14. The summed E-state index contributed by atoms with van der Waals surface area (Å²) in [6.07, 6.45) is 7.78. The summed E-state index contributed by atoms with van der Waals surface area (Å²) in [5, 5.41) is 0. The standard InChI is InChI=1S/C11H16N2/c1-9(10(2)12)5-6-11-4-3-7-13-8-11/h3-10H,12H2,1-2H3/b6-5+. The number of pyridine rings is 1. The number of aromatic nitrogens is 1. The van der Waals surface area contributed by atoms with Gasteiger partial charge in [-0.15, -0.1) is 0 Å². The molecule has 13 heavy (non-hydrogen) atoms. The normalized spacial score (nSPS) is 15.9. The monoisotopic (exact) mass is 176 g/mol. The zero-order valence-corrected chi connectivity index (χ0v) is 8.14. The van der Waals surface area contributed by atoms with Gasteiger partial charge < -0.3 is 5.73 Å². The van der Waals surface area contributed by atoms with E-state index in [1.165, 1.54) is 0 Å². The smallest absolute Gasteiger partial charge is 0.0340 e. The Morgan fingerprint density at radius 3 is 2.77 bits per heavy atom.